The van der Waals surface area contributed by atoms with Gasteiger partial charge in [0.15, 0.2) is 5.82 Å². The van der Waals surface area contributed by atoms with Crippen LogP contribution in [0.25, 0.3) is 0 Å². The lowest BCUT2D eigenvalue weighted by molar-refractivity contribution is 0.298. The van der Waals surface area contributed by atoms with Gasteiger partial charge in [0, 0.05) is 18.9 Å². The highest BCUT2D eigenvalue weighted by atomic mass is 16.5. The fraction of sp³-hybridized carbons (Fsp3) is 0.400. The summed E-state index contributed by atoms with van der Waals surface area (Å²) in [7, 11) is 0. The number of aryl methyl sites for hydroxylation is 1. The van der Waals surface area contributed by atoms with E-state index in [1.165, 1.54) is 0 Å². The Labute approximate surface area is 124 Å². The van der Waals surface area contributed by atoms with Crippen molar-refractivity contribution in [3.05, 3.63) is 35.9 Å². The van der Waals surface area contributed by atoms with E-state index in [4.69, 9.17) is 10.5 Å². The van der Waals surface area contributed by atoms with Crippen molar-refractivity contribution >= 4 is 11.5 Å². The van der Waals surface area contributed by atoms with E-state index in [0.717, 1.165) is 18.4 Å². The van der Waals surface area contributed by atoms with Gasteiger partial charge in [-0.25, -0.2) is 4.98 Å². The van der Waals surface area contributed by atoms with Crippen molar-refractivity contribution in [2.45, 2.75) is 33.2 Å². The van der Waals surface area contributed by atoms with Gasteiger partial charge >= 0.3 is 0 Å². The van der Waals surface area contributed by atoms with Gasteiger partial charge in [-0.1, -0.05) is 19.4 Å². The van der Waals surface area contributed by atoms with Crippen molar-refractivity contribution < 1.29 is 4.74 Å². The molecule has 0 aromatic carbocycles. The van der Waals surface area contributed by atoms with Crippen molar-refractivity contribution in [2.24, 2.45) is 0 Å². The maximum atomic E-state index is 6.07. The Bertz CT molecular complexity index is 574. The first kappa shape index (κ1) is 15.0. The summed E-state index contributed by atoms with van der Waals surface area (Å²) >= 11 is 0. The van der Waals surface area contributed by atoms with E-state index in [9.17, 15) is 0 Å². The van der Waals surface area contributed by atoms with E-state index >= 15 is 0 Å². The smallest absolute Gasteiger partial charge is 0.242 e. The normalized spacial score (nSPS) is 10.4. The lowest BCUT2D eigenvalue weighted by Crippen LogP contribution is -2.10. The Kier molecular flexibility index (Phi) is 5.31. The number of anilines is 2. The molecule has 0 fully saturated rings. The Hall–Kier alpha value is -2.37. The molecule has 2 aromatic rings. The van der Waals surface area contributed by atoms with Crippen molar-refractivity contribution in [1.82, 2.24) is 15.0 Å². The number of hydrogen-bond acceptors (Lipinski definition) is 6. The van der Waals surface area contributed by atoms with Crippen LogP contribution in [0.2, 0.25) is 0 Å². The van der Waals surface area contributed by atoms with Gasteiger partial charge in [0.1, 0.15) is 11.5 Å². The third-order valence-electron chi connectivity index (χ3n) is 2.94. The molecule has 6 heteroatoms. The SMILES string of the molecule is CCCCOc1nc(C)nc(NCc2cccnc2)c1N. The van der Waals surface area contributed by atoms with Gasteiger partial charge in [-0.2, -0.15) is 4.98 Å². The minimum absolute atomic E-state index is 0.445. The molecule has 6 nitrogen and oxygen atoms in total. The highest BCUT2D eigenvalue weighted by Gasteiger charge is 2.11. The number of nitrogens with zero attached hydrogens (tertiary/aromatic N) is 3. The number of unbranched alkanes of at least 4 members (excludes halogenated alkanes) is 1. The zero-order valence-corrected chi connectivity index (χ0v) is 12.5. The summed E-state index contributed by atoms with van der Waals surface area (Å²) in [6.45, 7) is 5.14. The highest BCUT2D eigenvalue weighted by molar-refractivity contribution is 5.66. The molecule has 0 aliphatic heterocycles. The summed E-state index contributed by atoms with van der Waals surface area (Å²) in [6.07, 6.45) is 5.58. The van der Waals surface area contributed by atoms with Crippen LogP contribution < -0.4 is 15.8 Å². The topological polar surface area (TPSA) is 86.0 Å². The Morgan fingerprint density at radius 3 is 2.90 bits per heavy atom. The van der Waals surface area contributed by atoms with Crippen molar-refractivity contribution in [3.63, 3.8) is 0 Å². The molecule has 112 valence electrons. The Balaban J connectivity index is 2.08. The molecule has 3 N–H and O–H groups in total. The molecule has 0 amide bonds. The first-order chi connectivity index (χ1) is 10.2. The molecule has 0 unspecified atom stereocenters. The molecule has 21 heavy (non-hydrogen) atoms. The van der Waals surface area contributed by atoms with E-state index in [-0.39, 0.29) is 0 Å². The molecular weight excluding hydrogens is 266 g/mol. The molecule has 0 aliphatic rings. The van der Waals surface area contributed by atoms with Crippen LogP contribution in [0, 0.1) is 6.92 Å². The van der Waals surface area contributed by atoms with E-state index in [2.05, 4.69) is 27.2 Å². The summed E-state index contributed by atoms with van der Waals surface area (Å²) in [6, 6.07) is 3.88. The molecule has 0 saturated heterocycles. The van der Waals surface area contributed by atoms with Gasteiger partial charge in [-0.3, -0.25) is 4.98 Å². The third-order valence-corrected chi connectivity index (χ3v) is 2.94. The maximum absolute atomic E-state index is 6.07. The van der Waals surface area contributed by atoms with Gasteiger partial charge in [-0.15, -0.1) is 0 Å². The fourth-order valence-electron chi connectivity index (χ4n) is 1.80. The predicted octanol–water partition coefficient (Wildman–Crippen LogP) is 2.55. The molecule has 2 heterocycles. The lowest BCUT2D eigenvalue weighted by Gasteiger charge is -2.13. The van der Waals surface area contributed by atoms with E-state index in [1.54, 1.807) is 12.4 Å². The van der Waals surface area contributed by atoms with Crippen molar-refractivity contribution in [1.29, 1.82) is 0 Å². The average Bonchev–Trinajstić information content (AvgIpc) is 2.50. The molecular formula is C15H21N5O. The summed E-state index contributed by atoms with van der Waals surface area (Å²) in [5.41, 5.74) is 7.57. The number of nitrogen functional groups attached to an aromatic ring is 1. The monoisotopic (exact) mass is 287 g/mol. The lowest BCUT2D eigenvalue weighted by atomic mass is 10.3. The molecule has 0 aliphatic carbocycles. The van der Waals surface area contributed by atoms with E-state index in [1.807, 2.05) is 19.1 Å². The Morgan fingerprint density at radius 1 is 1.33 bits per heavy atom. The number of pyridine rings is 1. The van der Waals surface area contributed by atoms with Crippen LogP contribution >= 0.6 is 0 Å². The van der Waals surface area contributed by atoms with Crippen LogP contribution in [0.5, 0.6) is 5.88 Å². The average molecular weight is 287 g/mol. The van der Waals surface area contributed by atoms with E-state index in [0.29, 0.717) is 36.4 Å². The first-order valence-electron chi connectivity index (χ1n) is 7.10. The minimum atomic E-state index is 0.445. The molecule has 0 radical (unpaired) electrons. The van der Waals surface area contributed by atoms with Crippen LogP contribution in [-0.4, -0.2) is 21.6 Å². The quantitative estimate of drug-likeness (QED) is 0.761. The van der Waals surface area contributed by atoms with Gasteiger partial charge in [0.05, 0.1) is 6.61 Å². The second-order valence-corrected chi connectivity index (χ2v) is 4.76. The van der Waals surface area contributed by atoms with Crippen LogP contribution in [0.3, 0.4) is 0 Å². The molecule has 0 bridgehead atoms. The zero-order valence-electron chi connectivity index (χ0n) is 12.5. The van der Waals surface area contributed by atoms with Gasteiger partial charge in [0.2, 0.25) is 5.88 Å². The third kappa shape index (κ3) is 4.30. The molecule has 0 saturated carbocycles. The summed E-state index contributed by atoms with van der Waals surface area (Å²) in [5, 5.41) is 3.20. The summed E-state index contributed by atoms with van der Waals surface area (Å²) in [5.74, 6) is 1.67. The first-order valence-corrected chi connectivity index (χ1v) is 7.10. The number of nitrogens with one attached hydrogen (secondary N) is 1. The summed E-state index contributed by atoms with van der Waals surface area (Å²) < 4.78 is 5.62. The maximum Gasteiger partial charge on any atom is 0.242 e. The molecule has 2 aromatic heterocycles. The minimum Gasteiger partial charge on any atom is -0.476 e. The molecule has 0 spiro atoms. The van der Waals surface area contributed by atoms with E-state index < -0.39 is 0 Å². The number of nitrogens with two attached hydrogens (primary N) is 1. The second-order valence-electron chi connectivity index (χ2n) is 4.76. The second kappa shape index (κ2) is 7.42. The fourth-order valence-corrected chi connectivity index (χ4v) is 1.80. The van der Waals surface area contributed by atoms with Crippen LogP contribution in [0.1, 0.15) is 31.2 Å². The number of aromatic nitrogens is 3. The Morgan fingerprint density at radius 2 is 2.19 bits per heavy atom. The van der Waals surface area contributed by atoms with Gasteiger partial charge in [0.25, 0.3) is 0 Å². The largest absolute Gasteiger partial charge is 0.476 e. The summed E-state index contributed by atoms with van der Waals surface area (Å²) in [4.78, 5) is 12.7. The highest BCUT2D eigenvalue weighted by Crippen LogP contribution is 2.26. The van der Waals surface area contributed by atoms with Crippen molar-refractivity contribution in [2.75, 3.05) is 17.7 Å². The predicted molar refractivity (Wildman–Crippen MR) is 83.1 cm³/mol. The number of rotatable bonds is 7. The van der Waals surface area contributed by atoms with Crippen LogP contribution in [0.4, 0.5) is 11.5 Å². The molecule has 0 atom stereocenters. The van der Waals surface area contributed by atoms with Gasteiger partial charge < -0.3 is 15.8 Å². The zero-order chi connectivity index (χ0) is 15.1. The number of hydrogen-bond donors (Lipinski definition) is 2. The van der Waals surface area contributed by atoms with Crippen molar-refractivity contribution in [3.8, 4) is 5.88 Å². The number of ether oxygens (including phenoxy) is 1. The van der Waals surface area contributed by atoms with Gasteiger partial charge in [-0.05, 0) is 25.0 Å². The molecule has 2 rings (SSSR count). The van der Waals surface area contributed by atoms with Crippen LogP contribution in [0.15, 0.2) is 24.5 Å². The van der Waals surface area contributed by atoms with Crippen LogP contribution in [-0.2, 0) is 6.54 Å². The standard InChI is InChI=1S/C15H21N5O/c1-3-4-8-21-15-13(16)14(19-11(2)20-15)18-10-12-6-5-7-17-9-12/h5-7,9H,3-4,8,10,16H2,1-2H3,(H,18,19,20).